The van der Waals surface area contributed by atoms with Crippen molar-refractivity contribution in [3.63, 3.8) is 0 Å². The number of hydrogen-bond acceptors (Lipinski definition) is 3. The van der Waals surface area contributed by atoms with Gasteiger partial charge in [0.15, 0.2) is 0 Å². The molecule has 1 N–H and O–H groups in total. The predicted octanol–water partition coefficient (Wildman–Crippen LogP) is 5.71. The zero-order valence-electron chi connectivity index (χ0n) is 10.5. The second kappa shape index (κ2) is 6.61. The van der Waals surface area contributed by atoms with Gasteiger partial charge in [0.25, 0.3) is 0 Å². The van der Waals surface area contributed by atoms with Gasteiger partial charge in [-0.05, 0) is 56.1 Å². The zero-order chi connectivity index (χ0) is 14.0. The van der Waals surface area contributed by atoms with Crippen LogP contribution in [-0.4, -0.2) is 14.1 Å². The lowest BCUT2D eigenvalue weighted by Crippen LogP contribution is -2.12. The number of nitrogens with one attached hydrogen (secondary N) is 1. The average Bonchev–Trinajstić information content (AvgIpc) is 2.66. The molecule has 0 unspecified atom stereocenters. The van der Waals surface area contributed by atoms with Gasteiger partial charge < -0.3 is 10.2 Å². The molecule has 0 amide bonds. The fourth-order valence-corrected chi connectivity index (χ4v) is 4.18. The van der Waals surface area contributed by atoms with Crippen molar-refractivity contribution in [3.05, 3.63) is 41.9 Å². The van der Waals surface area contributed by atoms with Crippen molar-refractivity contribution >= 4 is 70.5 Å². The van der Waals surface area contributed by atoms with E-state index in [1.807, 2.05) is 14.1 Å². The summed E-state index contributed by atoms with van der Waals surface area (Å²) in [6.07, 6.45) is 0. The maximum Gasteiger partial charge on any atom is 0.0843 e. The molecule has 0 fully saturated rings. The summed E-state index contributed by atoms with van der Waals surface area (Å²) in [4.78, 5) is 3.39. The smallest absolute Gasteiger partial charge is 0.0843 e. The Kier molecular flexibility index (Phi) is 5.34. The molecule has 19 heavy (non-hydrogen) atoms. The van der Waals surface area contributed by atoms with Crippen LogP contribution in [0.15, 0.2) is 37.0 Å². The number of anilines is 2. The first-order valence-electron chi connectivity index (χ1n) is 5.62. The summed E-state index contributed by atoms with van der Waals surface area (Å²) < 4.78 is 3.32. The molecular weight excluding hydrogens is 456 g/mol. The molecule has 0 aliphatic heterocycles. The molecule has 2 rings (SSSR count). The van der Waals surface area contributed by atoms with Gasteiger partial charge in [0.05, 0.1) is 15.2 Å². The van der Waals surface area contributed by atoms with Crippen molar-refractivity contribution in [1.82, 2.24) is 0 Å². The van der Waals surface area contributed by atoms with Gasteiger partial charge in [-0.2, -0.15) is 0 Å². The van der Waals surface area contributed by atoms with E-state index in [0.717, 1.165) is 25.0 Å². The van der Waals surface area contributed by atoms with Crippen LogP contribution in [0.5, 0.6) is 0 Å². The summed E-state index contributed by atoms with van der Waals surface area (Å²) in [5.41, 5.74) is 2.30. The van der Waals surface area contributed by atoms with Crippen LogP contribution in [0.1, 0.15) is 4.88 Å². The minimum absolute atomic E-state index is 0.812. The van der Waals surface area contributed by atoms with Gasteiger partial charge in [-0.3, -0.25) is 0 Å². The molecule has 102 valence electrons. The molecule has 0 atom stereocenters. The van der Waals surface area contributed by atoms with Crippen molar-refractivity contribution < 1.29 is 0 Å². The van der Waals surface area contributed by atoms with E-state index in [0.29, 0.717) is 0 Å². The minimum Gasteiger partial charge on any atom is -0.378 e. The zero-order valence-corrected chi connectivity index (χ0v) is 16.1. The van der Waals surface area contributed by atoms with E-state index in [2.05, 4.69) is 82.3 Å². The summed E-state index contributed by atoms with van der Waals surface area (Å²) in [5, 5.41) is 3.49. The lowest BCUT2D eigenvalue weighted by molar-refractivity contribution is 1.11. The highest BCUT2D eigenvalue weighted by Crippen LogP contribution is 2.34. The molecule has 2 aromatic rings. The summed E-state index contributed by atoms with van der Waals surface area (Å²) in [6, 6.07) is 8.40. The molecule has 0 spiro atoms. The first kappa shape index (κ1) is 15.4. The van der Waals surface area contributed by atoms with Gasteiger partial charge in [-0.1, -0.05) is 15.9 Å². The number of hydrogen-bond donors (Lipinski definition) is 1. The van der Waals surface area contributed by atoms with E-state index in [4.69, 9.17) is 0 Å². The molecule has 0 radical (unpaired) electrons. The SMILES string of the molecule is CN(C)c1ccc(Br)cc1NCc1cc(Br)c(Br)s1. The highest BCUT2D eigenvalue weighted by molar-refractivity contribution is 9.13. The standard InChI is InChI=1S/C13H13Br3N2S/c1-18(2)12-4-3-8(14)5-11(12)17-7-9-6-10(15)13(16)19-9/h3-6,17H,7H2,1-2H3. The third kappa shape index (κ3) is 3.97. The molecule has 1 aromatic heterocycles. The topological polar surface area (TPSA) is 15.3 Å². The number of halogens is 3. The van der Waals surface area contributed by atoms with Crippen LogP contribution < -0.4 is 10.2 Å². The van der Waals surface area contributed by atoms with Crippen LogP contribution in [0.2, 0.25) is 0 Å². The molecule has 0 aliphatic rings. The van der Waals surface area contributed by atoms with Crippen LogP contribution in [0, 0.1) is 0 Å². The first-order valence-corrected chi connectivity index (χ1v) is 8.81. The van der Waals surface area contributed by atoms with Gasteiger partial charge in [0, 0.05) is 34.5 Å². The fourth-order valence-electron chi connectivity index (χ4n) is 1.70. The van der Waals surface area contributed by atoms with E-state index in [9.17, 15) is 0 Å². The van der Waals surface area contributed by atoms with Crippen molar-refractivity contribution in [1.29, 1.82) is 0 Å². The molecule has 1 heterocycles. The molecule has 0 saturated carbocycles. The number of benzene rings is 1. The van der Waals surface area contributed by atoms with Gasteiger partial charge in [-0.15, -0.1) is 11.3 Å². The molecular formula is C13H13Br3N2S. The Labute approximate surface area is 142 Å². The Morgan fingerprint density at radius 1 is 1.16 bits per heavy atom. The van der Waals surface area contributed by atoms with E-state index < -0.39 is 0 Å². The van der Waals surface area contributed by atoms with Crippen LogP contribution in [0.4, 0.5) is 11.4 Å². The Morgan fingerprint density at radius 3 is 2.47 bits per heavy atom. The Balaban J connectivity index is 2.16. The first-order chi connectivity index (χ1) is 8.97. The molecule has 6 heteroatoms. The van der Waals surface area contributed by atoms with Crippen LogP contribution in [-0.2, 0) is 6.54 Å². The van der Waals surface area contributed by atoms with Crippen molar-refractivity contribution in [2.45, 2.75) is 6.54 Å². The second-order valence-electron chi connectivity index (χ2n) is 4.24. The lowest BCUT2D eigenvalue weighted by atomic mass is 10.2. The number of thiophene rings is 1. The number of rotatable bonds is 4. The van der Waals surface area contributed by atoms with Crippen LogP contribution in [0.3, 0.4) is 0 Å². The van der Waals surface area contributed by atoms with Gasteiger partial charge >= 0.3 is 0 Å². The molecule has 1 aromatic carbocycles. The highest BCUT2D eigenvalue weighted by Gasteiger charge is 2.07. The largest absolute Gasteiger partial charge is 0.378 e. The van der Waals surface area contributed by atoms with Crippen molar-refractivity contribution in [2.24, 2.45) is 0 Å². The molecule has 0 bridgehead atoms. The molecule has 2 nitrogen and oxygen atoms in total. The average molecular weight is 469 g/mol. The third-order valence-corrected chi connectivity index (χ3v) is 6.34. The van der Waals surface area contributed by atoms with Crippen LogP contribution >= 0.6 is 59.1 Å². The van der Waals surface area contributed by atoms with Crippen molar-refractivity contribution in [2.75, 3.05) is 24.3 Å². The van der Waals surface area contributed by atoms with Gasteiger partial charge in [-0.25, -0.2) is 0 Å². The minimum atomic E-state index is 0.812. The van der Waals surface area contributed by atoms with Gasteiger partial charge in [0.2, 0.25) is 0 Å². The molecule has 0 saturated heterocycles. The van der Waals surface area contributed by atoms with E-state index in [-0.39, 0.29) is 0 Å². The van der Waals surface area contributed by atoms with E-state index in [1.54, 1.807) is 11.3 Å². The van der Waals surface area contributed by atoms with Crippen LogP contribution in [0.25, 0.3) is 0 Å². The van der Waals surface area contributed by atoms with Crippen molar-refractivity contribution in [3.8, 4) is 0 Å². The normalized spacial score (nSPS) is 10.6. The fraction of sp³-hybridized carbons (Fsp3) is 0.231. The Bertz CT molecular complexity index is 562. The van der Waals surface area contributed by atoms with E-state index in [1.165, 1.54) is 10.6 Å². The lowest BCUT2D eigenvalue weighted by Gasteiger charge is -2.18. The Morgan fingerprint density at radius 2 is 1.89 bits per heavy atom. The van der Waals surface area contributed by atoms with E-state index >= 15 is 0 Å². The molecule has 0 aliphatic carbocycles. The van der Waals surface area contributed by atoms with Gasteiger partial charge in [0.1, 0.15) is 0 Å². The Hall–Kier alpha value is -0.0400. The monoisotopic (exact) mass is 466 g/mol. The quantitative estimate of drug-likeness (QED) is 0.618. The second-order valence-corrected chi connectivity index (χ2v) is 8.47. The summed E-state index contributed by atoms with van der Waals surface area (Å²) in [7, 11) is 4.10. The summed E-state index contributed by atoms with van der Waals surface area (Å²) >= 11 is 12.3. The highest BCUT2D eigenvalue weighted by atomic mass is 79.9. The summed E-state index contributed by atoms with van der Waals surface area (Å²) in [6.45, 7) is 0.812. The third-order valence-electron chi connectivity index (χ3n) is 2.59. The number of nitrogens with zero attached hydrogens (tertiary/aromatic N) is 1. The maximum absolute atomic E-state index is 3.52. The predicted molar refractivity (Wildman–Crippen MR) is 95.5 cm³/mol. The maximum atomic E-state index is 3.52. The summed E-state index contributed by atoms with van der Waals surface area (Å²) in [5.74, 6) is 0.